The second-order valence-corrected chi connectivity index (χ2v) is 8.15. The summed E-state index contributed by atoms with van der Waals surface area (Å²) in [5.74, 6) is 0.130. The fourth-order valence-electron chi connectivity index (χ4n) is 4.06. The molecule has 0 saturated heterocycles. The maximum Gasteiger partial charge on any atom is 0.143 e. The molecule has 0 radical (unpaired) electrons. The first-order valence-electron chi connectivity index (χ1n) is 10.7. The quantitative estimate of drug-likeness (QED) is 0.419. The molecule has 0 atom stereocenters. The van der Waals surface area contributed by atoms with Crippen molar-refractivity contribution >= 4 is 22.1 Å². The van der Waals surface area contributed by atoms with Crippen molar-refractivity contribution in [2.75, 3.05) is 0 Å². The van der Waals surface area contributed by atoms with Gasteiger partial charge in [0.15, 0.2) is 0 Å². The summed E-state index contributed by atoms with van der Waals surface area (Å²) in [6.07, 6.45) is 0. The molecule has 2 heterocycles. The molecule has 6 aromatic rings. The van der Waals surface area contributed by atoms with Gasteiger partial charge in [-0.3, -0.25) is 0 Å². The Morgan fingerprint density at radius 3 is 1.94 bits per heavy atom. The van der Waals surface area contributed by atoms with Crippen LogP contribution in [0.1, 0.15) is 11.1 Å². The smallest absolute Gasteiger partial charge is 0.143 e. The van der Waals surface area contributed by atoms with E-state index in [0.717, 1.165) is 50.0 Å². The third kappa shape index (κ3) is 3.22. The molecule has 0 aliphatic heterocycles. The van der Waals surface area contributed by atoms with Crippen molar-refractivity contribution in [1.29, 1.82) is 0 Å². The van der Waals surface area contributed by atoms with Gasteiger partial charge in [-0.25, -0.2) is 0 Å². The van der Waals surface area contributed by atoms with Crippen LogP contribution in [0.25, 0.3) is 44.6 Å². The highest BCUT2D eigenvalue weighted by Crippen LogP contribution is 2.33. The summed E-state index contributed by atoms with van der Waals surface area (Å²) in [4.78, 5) is 3.17. The minimum atomic E-state index is 0.130. The number of fused-ring (bicyclic) bond motifs is 2. The minimum absolute atomic E-state index is 0.130. The van der Waals surface area contributed by atoms with E-state index in [0.29, 0.717) is 5.69 Å². The van der Waals surface area contributed by atoms with Crippen molar-refractivity contribution in [3.8, 4) is 28.3 Å². The number of hydrogen-bond donors (Lipinski definition) is 1. The van der Waals surface area contributed by atoms with Gasteiger partial charge in [-0.15, -0.1) is 30.0 Å². The standard InChI is InChI=1S/C26H20N6O/c1-16-10-12-18(23(14-16)31-27-20-7-3-4-8-21(20)28-31)19-6-5-9-22-26(19)30-32(29-22)24-15-17(2)11-13-25(24)33/h3-15,33H,1-2H3. The molecule has 160 valence electrons. The molecule has 33 heavy (non-hydrogen) atoms. The van der Waals surface area contributed by atoms with Crippen molar-refractivity contribution in [2.24, 2.45) is 0 Å². The SMILES string of the molecule is Cc1ccc(O)c(-n2nc3cccc(-c4ccc(C)cc4-n4nc5ccccc5n4)c3n2)c1. The average Bonchev–Trinajstić information content (AvgIpc) is 3.45. The fraction of sp³-hybridized carbons (Fsp3) is 0.0769. The number of benzene rings is 4. The fourth-order valence-corrected chi connectivity index (χ4v) is 4.06. The molecule has 0 fully saturated rings. The number of aryl methyl sites for hydroxylation is 2. The molecule has 6 rings (SSSR count). The molecule has 7 heteroatoms. The predicted molar refractivity (Wildman–Crippen MR) is 128 cm³/mol. The Bertz CT molecular complexity index is 1630. The van der Waals surface area contributed by atoms with Gasteiger partial charge in [-0.2, -0.15) is 0 Å². The number of phenolic OH excluding ortho intramolecular Hbond substituents is 1. The lowest BCUT2D eigenvalue weighted by atomic mass is 10.0. The van der Waals surface area contributed by atoms with Crippen LogP contribution in [0.4, 0.5) is 0 Å². The third-order valence-electron chi connectivity index (χ3n) is 5.70. The first-order valence-corrected chi connectivity index (χ1v) is 10.7. The first-order chi connectivity index (χ1) is 16.1. The van der Waals surface area contributed by atoms with Crippen molar-refractivity contribution in [3.05, 3.63) is 90.0 Å². The summed E-state index contributed by atoms with van der Waals surface area (Å²) in [5.41, 5.74) is 8.55. The highest BCUT2D eigenvalue weighted by molar-refractivity contribution is 5.94. The van der Waals surface area contributed by atoms with Crippen LogP contribution >= 0.6 is 0 Å². The number of aromatic nitrogens is 6. The van der Waals surface area contributed by atoms with E-state index in [-0.39, 0.29) is 5.75 Å². The van der Waals surface area contributed by atoms with Gasteiger partial charge in [-0.05, 0) is 61.4 Å². The molecule has 7 nitrogen and oxygen atoms in total. The highest BCUT2D eigenvalue weighted by atomic mass is 16.3. The summed E-state index contributed by atoms with van der Waals surface area (Å²) < 4.78 is 0. The highest BCUT2D eigenvalue weighted by Gasteiger charge is 2.17. The third-order valence-corrected chi connectivity index (χ3v) is 5.70. The Balaban J connectivity index is 1.57. The van der Waals surface area contributed by atoms with Gasteiger partial charge >= 0.3 is 0 Å². The molecule has 0 aliphatic rings. The van der Waals surface area contributed by atoms with Crippen LogP contribution in [0.2, 0.25) is 0 Å². The van der Waals surface area contributed by atoms with Gasteiger partial charge in [0.1, 0.15) is 33.5 Å². The van der Waals surface area contributed by atoms with E-state index in [1.807, 2.05) is 68.4 Å². The molecular weight excluding hydrogens is 412 g/mol. The lowest BCUT2D eigenvalue weighted by molar-refractivity contribution is 0.467. The predicted octanol–water partition coefficient (Wildman–Crippen LogP) is 5.14. The number of nitrogens with zero attached hydrogens (tertiary/aromatic N) is 6. The second kappa shape index (κ2) is 7.27. The van der Waals surface area contributed by atoms with Crippen LogP contribution in [-0.2, 0) is 0 Å². The normalized spacial score (nSPS) is 11.5. The zero-order valence-electron chi connectivity index (χ0n) is 18.1. The molecule has 0 bridgehead atoms. The molecule has 0 aliphatic carbocycles. The first kappa shape index (κ1) is 19.2. The van der Waals surface area contributed by atoms with Gasteiger partial charge in [0, 0.05) is 11.1 Å². The summed E-state index contributed by atoms with van der Waals surface area (Å²) in [5, 5.41) is 29.2. The monoisotopic (exact) mass is 432 g/mol. The van der Waals surface area contributed by atoms with E-state index in [4.69, 9.17) is 15.3 Å². The zero-order valence-corrected chi connectivity index (χ0v) is 18.1. The number of phenols is 1. The number of hydrogen-bond acceptors (Lipinski definition) is 5. The van der Waals surface area contributed by atoms with Crippen LogP contribution in [-0.4, -0.2) is 35.1 Å². The van der Waals surface area contributed by atoms with Crippen molar-refractivity contribution < 1.29 is 5.11 Å². The van der Waals surface area contributed by atoms with Gasteiger partial charge < -0.3 is 5.11 Å². The Labute approximate surface area is 189 Å². The van der Waals surface area contributed by atoms with Crippen LogP contribution in [0.3, 0.4) is 0 Å². The van der Waals surface area contributed by atoms with Crippen LogP contribution in [0.5, 0.6) is 5.75 Å². The minimum Gasteiger partial charge on any atom is -0.506 e. The summed E-state index contributed by atoms with van der Waals surface area (Å²) >= 11 is 0. The molecule has 2 aromatic heterocycles. The summed E-state index contributed by atoms with van der Waals surface area (Å²) in [6.45, 7) is 4.02. The Hall–Kier alpha value is -4.52. The van der Waals surface area contributed by atoms with Gasteiger partial charge in [-0.1, -0.05) is 42.5 Å². The van der Waals surface area contributed by atoms with E-state index < -0.39 is 0 Å². The zero-order chi connectivity index (χ0) is 22.5. The molecule has 0 unspecified atom stereocenters. The lowest BCUT2D eigenvalue weighted by Crippen LogP contribution is -2.02. The molecule has 0 saturated carbocycles. The van der Waals surface area contributed by atoms with Crippen molar-refractivity contribution in [1.82, 2.24) is 30.0 Å². The summed E-state index contributed by atoms with van der Waals surface area (Å²) in [6, 6.07) is 25.3. The number of aromatic hydroxyl groups is 1. The van der Waals surface area contributed by atoms with E-state index >= 15 is 0 Å². The summed E-state index contributed by atoms with van der Waals surface area (Å²) in [7, 11) is 0. The Morgan fingerprint density at radius 1 is 0.576 bits per heavy atom. The molecular formula is C26H20N6O. The van der Waals surface area contributed by atoms with E-state index in [2.05, 4.69) is 23.3 Å². The average molecular weight is 432 g/mol. The van der Waals surface area contributed by atoms with Crippen molar-refractivity contribution in [3.63, 3.8) is 0 Å². The molecule has 0 amide bonds. The van der Waals surface area contributed by atoms with Crippen LogP contribution in [0.15, 0.2) is 78.9 Å². The maximum absolute atomic E-state index is 10.4. The van der Waals surface area contributed by atoms with Gasteiger partial charge in [0.2, 0.25) is 0 Å². The lowest BCUT2D eigenvalue weighted by Gasteiger charge is -2.10. The van der Waals surface area contributed by atoms with E-state index in [9.17, 15) is 5.11 Å². The van der Waals surface area contributed by atoms with Gasteiger partial charge in [0.25, 0.3) is 0 Å². The largest absolute Gasteiger partial charge is 0.506 e. The molecule has 4 aromatic carbocycles. The molecule has 1 N–H and O–H groups in total. The van der Waals surface area contributed by atoms with E-state index in [1.165, 1.54) is 4.80 Å². The van der Waals surface area contributed by atoms with Gasteiger partial charge in [0.05, 0.1) is 5.69 Å². The second-order valence-electron chi connectivity index (χ2n) is 8.15. The van der Waals surface area contributed by atoms with Crippen molar-refractivity contribution in [2.45, 2.75) is 13.8 Å². The van der Waals surface area contributed by atoms with Crippen LogP contribution < -0.4 is 0 Å². The Morgan fingerprint density at radius 2 is 1.18 bits per heavy atom. The maximum atomic E-state index is 10.4. The Kier molecular flexibility index (Phi) is 4.23. The topological polar surface area (TPSA) is 81.6 Å². The van der Waals surface area contributed by atoms with Crippen LogP contribution in [0, 0.1) is 13.8 Å². The molecule has 0 spiro atoms. The van der Waals surface area contributed by atoms with E-state index in [1.54, 1.807) is 10.9 Å². The number of rotatable bonds is 3.